The lowest BCUT2D eigenvalue weighted by Crippen LogP contribution is -2.59. The molecule has 2 nitrogen and oxygen atoms in total. The van der Waals surface area contributed by atoms with E-state index in [-0.39, 0.29) is 5.54 Å². The summed E-state index contributed by atoms with van der Waals surface area (Å²) in [5.41, 5.74) is 1.88. The van der Waals surface area contributed by atoms with E-state index in [4.69, 9.17) is 0 Å². The first kappa shape index (κ1) is 17.7. The average Bonchev–Trinajstić information content (AvgIpc) is 2.42. The van der Waals surface area contributed by atoms with Crippen LogP contribution >= 0.6 is 0 Å². The van der Waals surface area contributed by atoms with Crippen LogP contribution in [0.1, 0.15) is 72.6 Å². The van der Waals surface area contributed by atoms with Crippen molar-refractivity contribution in [2.45, 2.75) is 84.2 Å². The third-order valence-electron chi connectivity index (χ3n) is 5.31. The fourth-order valence-corrected chi connectivity index (χ4v) is 3.93. The zero-order valence-electron chi connectivity index (χ0n) is 14.5. The Balaban J connectivity index is 3.00. The first-order valence-electron chi connectivity index (χ1n) is 8.75. The van der Waals surface area contributed by atoms with Crippen molar-refractivity contribution in [2.24, 2.45) is 0 Å². The Morgan fingerprint density at radius 1 is 1.15 bits per heavy atom. The smallest absolute Gasteiger partial charge is 0.0461 e. The molecule has 118 valence electrons. The summed E-state index contributed by atoms with van der Waals surface area (Å²) in [5.74, 6) is 0. The van der Waals surface area contributed by atoms with Crippen molar-refractivity contribution >= 4 is 0 Å². The van der Waals surface area contributed by atoms with E-state index in [9.17, 15) is 0 Å². The second-order valence-electron chi connectivity index (χ2n) is 6.34. The molecule has 0 fully saturated rings. The van der Waals surface area contributed by atoms with Crippen LogP contribution in [0.15, 0.2) is 11.6 Å². The zero-order chi connectivity index (χ0) is 15.0. The van der Waals surface area contributed by atoms with E-state index >= 15 is 0 Å². The minimum atomic E-state index is 0.225. The summed E-state index contributed by atoms with van der Waals surface area (Å²) in [5, 5.41) is 3.65. The third-order valence-corrected chi connectivity index (χ3v) is 5.31. The molecule has 0 saturated carbocycles. The predicted octanol–water partition coefficient (Wildman–Crippen LogP) is 4.37. The Hall–Kier alpha value is -0.340. The molecule has 1 rings (SSSR count). The Kier molecular flexibility index (Phi) is 7.83. The van der Waals surface area contributed by atoms with Crippen molar-refractivity contribution in [1.29, 1.82) is 0 Å². The number of allylic oxidation sites excluding steroid dienone is 1. The highest BCUT2D eigenvalue weighted by molar-refractivity contribution is 5.19. The molecule has 0 aromatic heterocycles. The van der Waals surface area contributed by atoms with E-state index in [1.54, 1.807) is 5.57 Å². The standard InChI is InChI=1S/C18H36N2/c1-6-18(4,20(7-2)8-3)17(19-5)16-14-12-10-9-11-13-15-16/h14,17,19H,6-13,15H2,1-5H3. The molecule has 0 bridgehead atoms. The lowest BCUT2D eigenvalue weighted by atomic mass is 9.80. The second-order valence-corrected chi connectivity index (χ2v) is 6.34. The fourth-order valence-electron chi connectivity index (χ4n) is 3.93. The minimum absolute atomic E-state index is 0.225. The molecule has 1 N–H and O–H groups in total. The molecule has 1 aliphatic rings. The van der Waals surface area contributed by atoms with Crippen molar-refractivity contribution in [1.82, 2.24) is 10.2 Å². The van der Waals surface area contributed by atoms with Gasteiger partial charge in [0.05, 0.1) is 0 Å². The van der Waals surface area contributed by atoms with Crippen LogP contribution in [0.2, 0.25) is 0 Å². The summed E-state index contributed by atoms with van der Waals surface area (Å²) in [7, 11) is 2.14. The summed E-state index contributed by atoms with van der Waals surface area (Å²) >= 11 is 0. The van der Waals surface area contributed by atoms with Crippen molar-refractivity contribution in [3.05, 3.63) is 11.6 Å². The molecule has 0 aromatic rings. The van der Waals surface area contributed by atoms with Gasteiger partial charge in [0.2, 0.25) is 0 Å². The molecule has 2 unspecified atom stereocenters. The number of nitrogens with zero attached hydrogens (tertiary/aromatic N) is 1. The van der Waals surface area contributed by atoms with Crippen LogP contribution in [0.4, 0.5) is 0 Å². The van der Waals surface area contributed by atoms with Gasteiger partial charge >= 0.3 is 0 Å². The van der Waals surface area contributed by atoms with Crippen LogP contribution in [-0.4, -0.2) is 36.6 Å². The van der Waals surface area contributed by atoms with Gasteiger partial charge in [-0.25, -0.2) is 0 Å². The van der Waals surface area contributed by atoms with Gasteiger partial charge in [0.25, 0.3) is 0 Å². The molecule has 2 atom stereocenters. The normalized spacial score (nSPS) is 21.8. The SMILES string of the molecule is CCN(CC)C(C)(CC)C(NC)C1=CCCCCCC1. The van der Waals surface area contributed by atoms with Gasteiger partial charge in [-0.3, -0.25) is 4.90 Å². The third kappa shape index (κ3) is 4.08. The molecule has 0 saturated heterocycles. The van der Waals surface area contributed by atoms with Gasteiger partial charge < -0.3 is 5.32 Å². The van der Waals surface area contributed by atoms with Gasteiger partial charge in [-0.15, -0.1) is 0 Å². The first-order valence-corrected chi connectivity index (χ1v) is 8.75. The highest BCUT2D eigenvalue weighted by Gasteiger charge is 2.37. The molecular weight excluding hydrogens is 244 g/mol. The summed E-state index contributed by atoms with van der Waals surface area (Å²) in [6.45, 7) is 11.6. The Morgan fingerprint density at radius 2 is 1.80 bits per heavy atom. The average molecular weight is 280 g/mol. The minimum Gasteiger partial charge on any atom is -0.312 e. The number of hydrogen-bond donors (Lipinski definition) is 1. The first-order chi connectivity index (χ1) is 9.63. The molecule has 0 aromatic carbocycles. The molecule has 0 amide bonds. The van der Waals surface area contributed by atoms with Crippen molar-refractivity contribution in [3.8, 4) is 0 Å². The van der Waals surface area contributed by atoms with E-state index in [0.717, 1.165) is 13.1 Å². The van der Waals surface area contributed by atoms with Crippen molar-refractivity contribution in [3.63, 3.8) is 0 Å². The van der Waals surface area contributed by atoms with E-state index in [0.29, 0.717) is 6.04 Å². The maximum Gasteiger partial charge on any atom is 0.0461 e. The van der Waals surface area contributed by atoms with Crippen LogP contribution in [0.25, 0.3) is 0 Å². The molecule has 0 radical (unpaired) electrons. The Bertz CT molecular complexity index is 294. The number of nitrogens with one attached hydrogen (secondary N) is 1. The molecule has 0 aliphatic heterocycles. The van der Waals surface area contributed by atoms with Crippen molar-refractivity contribution < 1.29 is 0 Å². The maximum atomic E-state index is 3.65. The summed E-state index contributed by atoms with van der Waals surface area (Å²) in [6, 6.07) is 0.491. The quantitative estimate of drug-likeness (QED) is 0.697. The molecular formula is C18H36N2. The van der Waals surface area contributed by atoms with Crippen LogP contribution in [0, 0.1) is 0 Å². The van der Waals surface area contributed by atoms with Crippen LogP contribution < -0.4 is 5.32 Å². The highest BCUT2D eigenvalue weighted by atomic mass is 15.2. The lowest BCUT2D eigenvalue weighted by molar-refractivity contribution is 0.0838. The predicted molar refractivity (Wildman–Crippen MR) is 90.2 cm³/mol. The summed E-state index contributed by atoms with van der Waals surface area (Å²) in [6.07, 6.45) is 11.8. The van der Waals surface area contributed by atoms with Gasteiger partial charge in [-0.1, -0.05) is 45.3 Å². The molecule has 2 heteroatoms. The zero-order valence-corrected chi connectivity index (χ0v) is 14.5. The number of rotatable bonds is 7. The second kappa shape index (κ2) is 8.84. The molecule has 20 heavy (non-hydrogen) atoms. The van der Waals surface area contributed by atoms with E-state index < -0.39 is 0 Å². The lowest BCUT2D eigenvalue weighted by Gasteiger charge is -2.47. The van der Waals surface area contributed by atoms with Crippen LogP contribution in [-0.2, 0) is 0 Å². The van der Waals surface area contributed by atoms with Gasteiger partial charge in [-0.05, 0) is 59.2 Å². The molecule has 1 aliphatic carbocycles. The van der Waals surface area contributed by atoms with Crippen LogP contribution in [0.3, 0.4) is 0 Å². The van der Waals surface area contributed by atoms with Gasteiger partial charge in [0, 0.05) is 11.6 Å². The Labute approximate surface area is 127 Å². The molecule has 0 heterocycles. The highest BCUT2D eigenvalue weighted by Crippen LogP contribution is 2.31. The van der Waals surface area contributed by atoms with Crippen LogP contribution in [0.5, 0.6) is 0 Å². The van der Waals surface area contributed by atoms with Crippen molar-refractivity contribution in [2.75, 3.05) is 20.1 Å². The van der Waals surface area contributed by atoms with E-state index in [1.807, 2.05) is 0 Å². The molecule has 0 spiro atoms. The van der Waals surface area contributed by atoms with E-state index in [1.165, 1.54) is 44.9 Å². The topological polar surface area (TPSA) is 15.3 Å². The monoisotopic (exact) mass is 280 g/mol. The Morgan fingerprint density at radius 3 is 2.35 bits per heavy atom. The number of likely N-dealkylation sites (N-methyl/N-ethyl adjacent to an activating group) is 2. The van der Waals surface area contributed by atoms with E-state index in [2.05, 4.69) is 51.0 Å². The number of hydrogen-bond acceptors (Lipinski definition) is 2. The maximum absolute atomic E-state index is 3.65. The fraction of sp³-hybridized carbons (Fsp3) is 0.889. The largest absolute Gasteiger partial charge is 0.312 e. The van der Waals surface area contributed by atoms with Gasteiger partial charge in [-0.2, -0.15) is 0 Å². The summed E-state index contributed by atoms with van der Waals surface area (Å²) < 4.78 is 0. The van der Waals surface area contributed by atoms with Gasteiger partial charge in [0.1, 0.15) is 0 Å². The summed E-state index contributed by atoms with van der Waals surface area (Å²) in [4.78, 5) is 2.63. The van der Waals surface area contributed by atoms with Gasteiger partial charge in [0.15, 0.2) is 0 Å².